The molecule has 28 heavy (non-hydrogen) atoms. The smallest absolute Gasteiger partial charge is 0.306 e. The summed E-state index contributed by atoms with van der Waals surface area (Å²) in [4.78, 5) is 26.0. The van der Waals surface area contributed by atoms with E-state index < -0.39 is 18.0 Å². The number of benzene rings is 2. The maximum atomic E-state index is 13.0. The summed E-state index contributed by atoms with van der Waals surface area (Å²) in [5, 5.41) is 10.4. The highest BCUT2D eigenvalue weighted by Gasteiger charge is 2.28. The maximum Gasteiger partial charge on any atom is 0.306 e. The lowest BCUT2D eigenvalue weighted by molar-refractivity contribution is -0.142. The summed E-state index contributed by atoms with van der Waals surface area (Å²) in [5.41, 5.74) is 3.94. The minimum Gasteiger partial charge on any atom is -0.469 e. The lowest BCUT2D eigenvalue weighted by atomic mass is 9.83. The van der Waals surface area contributed by atoms with Crippen LogP contribution in [0.4, 0.5) is 0 Å². The lowest BCUT2D eigenvalue weighted by Gasteiger charge is -2.22. The number of carbonyl (C=O) groups is 2. The number of hydrogen-bond donors (Lipinski definition) is 1. The van der Waals surface area contributed by atoms with Gasteiger partial charge in [0.25, 0.3) is 0 Å². The van der Waals surface area contributed by atoms with Gasteiger partial charge in [0, 0.05) is 17.1 Å². The van der Waals surface area contributed by atoms with Crippen molar-refractivity contribution in [3.05, 3.63) is 64.7 Å². The Morgan fingerprint density at radius 3 is 2.21 bits per heavy atom. The van der Waals surface area contributed by atoms with Crippen LogP contribution >= 0.6 is 11.8 Å². The molecule has 1 N–H and O–H groups in total. The molecular weight excluding hydrogens is 372 g/mol. The number of rotatable bonds is 9. The molecule has 0 saturated heterocycles. The van der Waals surface area contributed by atoms with Gasteiger partial charge < -0.3 is 9.84 Å². The molecule has 0 heterocycles. The van der Waals surface area contributed by atoms with Crippen molar-refractivity contribution >= 4 is 23.5 Å². The number of ketones is 1. The van der Waals surface area contributed by atoms with Gasteiger partial charge in [-0.3, -0.25) is 9.59 Å². The van der Waals surface area contributed by atoms with Crippen LogP contribution in [0.1, 0.15) is 41.0 Å². The van der Waals surface area contributed by atoms with Crippen LogP contribution in [0.15, 0.2) is 47.4 Å². The van der Waals surface area contributed by atoms with E-state index in [4.69, 9.17) is 4.74 Å². The van der Waals surface area contributed by atoms with E-state index in [1.54, 1.807) is 0 Å². The van der Waals surface area contributed by atoms with Gasteiger partial charge >= 0.3 is 5.97 Å². The molecule has 2 atom stereocenters. The molecule has 2 aromatic carbocycles. The Labute approximate surface area is 171 Å². The number of aliphatic hydroxyl groups excluding tert-OH is 1. The fourth-order valence-electron chi connectivity index (χ4n) is 3.51. The van der Waals surface area contributed by atoms with Gasteiger partial charge in [-0.15, -0.1) is 11.8 Å². The van der Waals surface area contributed by atoms with Gasteiger partial charge in [0.1, 0.15) is 5.78 Å². The van der Waals surface area contributed by atoms with Crippen LogP contribution in [-0.4, -0.2) is 35.8 Å². The molecule has 0 spiro atoms. The minimum absolute atomic E-state index is 0.00819. The fraction of sp³-hybridized carbons (Fsp3) is 0.391. The second-order valence-electron chi connectivity index (χ2n) is 7.09. The Hall–Kier alpha value is -2.11. The molecule has 0 saturated carbocycles. The van der Waals surface area contributed by atoms with Crippen molar-refractivity contribution in [3.8, 4) is 0 Å². The van der Waals surface area contributed by atoms with Crippen LogP contribution < -0.4 is 0 Å². The first-order chi connectivity index (χ1) is 13.3. The highest BCUT2D eigenvalue weighted by molar-refractivity contribution is 7.99. The summed E-state index contributed by atoms with van der Waals surface area (Å²) >= 11 is 1.51. The normalized spacial score (nSPS) is 13.0. The molecule has 0 aromatic heterocycles. The number of thioether (sulfide) groups is 1. The van der Waals surface area contributed by atoms with Crippen molar-refractivity contribution in [3.63, 3.8) is 0 Å². The Bertz CT molecular complexity index is 794. The topological polar surface area (TPSA) is 63.6 Å². The van der Waals surface area contributed by atoms with E-state index in [1.807, 2.05) is 63.2 Å². The van der Waals surface area contributed by atoms with Crippen LogP contribution in [0.2, 0.25) is 0 Å². The average Bonchev–Trinajstić information content (AvgIpc) is 2.65. The van der Waals surface area contributed by atoms with Crippen molar-refractivity contribution < 1.29 is 19.4 Å². The van der Waals surface area contributed by atoms with Crippen molar-refractivity contribution in [2.75, 3.05) is 12.9 Å². The molecule has 2 aromatic rings. The second-order valence-corrected chi connectivity index (χ2v) is 8.19. The number of esters is 1. The third-order valence-corrected chi connectivity index (χ3v) is 5.85. The second kappa shape index (κ2) is 10.4. The predicted molar refractivity (Wildman–Crippen MR) is 113 cm³/mol. The van der Waals surface area contributed by atoms with Gasteiger partial charge in [-0.05, 0) is 49.6 Å². The van der Waals surface area contributed by atoms with Gasteiger partial charge in [-0.2, -0.15) is 0 Å². The van der Waals surface area contributed by atoms with Crippen molar-refractivity contribution in [2.24, 2.45) is 0 Å². The number of Topliss-reactive ketones (excluding diaryl/α,β-unsaturated/α-hetero) is 1. The molecule has 2 unspecified atom stereocenters. The zero-order valence-corrected chi connectivity index (χ0v) is 17.7. The van der Waals surface area contributed by atoms with E-state index in [-0.39, 0.29) is 18.6 Å². The molecule has 0 aliphatic heterocycles. The molecule has 0 bridgehead atoms. The fourth-order valence-corrected chi connectivity index (χ4v) is 4.36. The molecule has 0 fully saturated rings. The number of carbonyl (C=O) groups excluding carboxylic acids is 2. The summed E-state index contributed by atoms with van der Waals surface area (Å²) in [6, 6.07) is 13.8. The molecule has 5 heteroatoms. The van der Waals surface area contributed by atoms with Gasteiger partial charge in [0.15, 0.2) is 0 Å². The van der Waals surface area contributed by atoms with Crippen LogP contribution in [-0.2, 0) is 14.3 Å². The van der Waals surface area contributed by atoms with Crippen LogP contribution in [0.3, 0.4) is 0 Å². The zero-order chi connectivity index (χ0) is 20.7. The quantitative estimate of drug-likeness (QED) is 0.500. The first-order valence-electron chi connectivity index (χ1n) is 9.35. The van der Waals surface area contributed by atoms with Gasteiger partial charge in [-0.25, -0.2) is 0 Å². The number of hydrogen-bond acceptors (Lipinski definition) is 5. The van der Waals surface area contributed by atoms with E-state index in [0.29, 0.717) is 5.75 Å². The third kappa shape index (κ3) is 6.21. The van der Waals surface area contributed by atoms with Gasteiger partial charge in [-0.1, -0.05) is 35.9 Å². The largest absolute Gasteiger partial charge is 0.469 e. The Balaban J connectivity index is 2.14. The van der Waals surface area contributed by atoms with E-state index in [0.717, 1.165) is 27.1 Å². The summed E-state index contributed by atoms with van der Waals surface area (Å²) in [6.45, 7) is 5.91. The first kappa shape index (κ1) is 22.2. The van der Waals surface area contributed by atoms with Crippen molar-refractivity contribution in [2.45, 2.75) is 50.5 Å². The van der Waals surface area contributed by atoms with E-state index in [1.165, 1.54) is 18.9 Å². The first-order valence-corrected chi connectivity index (χ1v) is 10.3. The Kier molecular flexibility index (Phi) is 8.27. The molecule has 0 radical (unpaired) electrons. The third-order valence-electron chi connectivity index (χ3n) is 4.70. The zero-order valence-electron chi connectivity index (χ0n) is 16.9. The number of aliphatic hydroxyl groups is 1. The Morgan fingerprint density at radius 1 is 1.04 bits per heavy atom. The summed E-state index contributed by atoms with van der Waals surface area (Å²) in [6.07, 6.45) is -0.781. The maximum absolute atomic E-state index is 13.0. The van der Waals surface area contributed by atoms with Gasteiger partial charge in [0.2, 0.25) is 0 Å². The van der Waals surface area contributed by atoms with Crippen LogP contribution in [0.25, 0.3) is 0 Å². The molecule has 0 aliphatic rings. The average molecular weight is 401 g/mol. The predicted octanol–water partition coefficient (Wildman–Crippen LogP) is 4.37. The lowest BCUT2D eigenvalue weighted by Crippen LogP contribution is -2.24. The van der Waals surface area contributed by atoms with Crippen molar-refractivity contribution in [1.82, 2.24) is 0 Å². The Morgan fingerprint density at radius 2 is 1.64 bits per heavy atom. The minimum atomic E-state index is -0.774. The summed E-state index contributed by atoms with van der Waals surface area (Å²) in [7, 11) is 1.32. The van der Waals surface area contributed by atoms with Gasteiger partial charge in [0.05, 0.1) is 25.6 Å². The van der Waals surface area contributed by atoms with E-state index in [2.05, 4.69) is 0 Å². The van der Waals surface area contributed by atoms with Crippen molar-refractivity contribution in [1.29, 1.82) is 0 Å². The number of ether oxygens (including phenoxy) is 1. The number of aryl methyl sites for hydroxylation is 3. The standard InChI is InChI=1S/C23H28O4S/c1-15-10-16(2)23(17(3)11-15)20(13-22(26)27-4)21(25)12-18(24)14-28-19-8-6-5-7-9-19/h5-11,18,20,24H,12-14H2,1-4H3. The summed E-state index contributed by atoms with van der Waals surface area (Å²) in [5.74, 6) is -0.746. The number of methoxy groups -OCH3 is 1. The van der Waals surface area contributed by atoms with Crippen LogP contribution in [0, 0.1) is 20.8 Å². The highest BCUT2D eigenvalue weighted by atomic mass is 32.2. The molecule has 0 aliphatic carbocycles. The molecule has 2 rings (SSSR count). The molecule has 4 nitrogen and oxygen atoms in total. The van der Waals surface area contributed by atoms with Crippen LogP contribution in [0.5, 0.6) is 0 Å². The monoisotopic (exact) mass is 400 g/mol. The highest BCUT2D eigenvalue weighted by Crippen LogP contribution is 2.31. The SMILES string of the molecule is COC(=O)CC(C(=O)CC(O)CSc1ccccc1)c1c(C)cc(C)cc1C. The molecular formula is C23H28O4S. The van der Waals surface area contributed by atoms with E-state index in [9.17, 15) is 14.7 Å². The van der Waals surface area contributed by atoms with E-state index >= 15 is 0 Å². The summed E-state index contributed by atoms with van der Waals surface area (Å²) < 4.78 is 4.81. The molecule has 0 amide bonds. The molecule has 150 valence electrons.